The summed E-state index contributed by atoms with van der Waals surface area (Å²) in [7, 11) is 0. The number of nitrogen functional groups attached to an aromatic ring is 1. The highest BCUT2D eigenvalue weighted by molar-refractivity contribution is 6.13. The zero-order valence-electron chi connectivity index (χ0n) is 21.9. The van der Waals surface area contributed by atoms with E-state index in [9.17, 15) is 27.2 Å². The molecule has 0 bridgehead atoms. The maximum Gasteiger partial charge on any atom is 0.414 e. The van der Waals surface area contributed by atoms with E-state index in [4.69, 9.17) is 19.9 Å². The van der Waals surface area contributed by atoms with E-state index in [0.29, 0.717) is 16.6 Å². The van der Waals surface area contributed by atoms with Crippen LogP contribution in [0.5, 0.6) is 17.4 Å². The van der Waals surface area contributed by atoms with E-state index < -0.39 is 42.3 Å². The Balaban J connectivity index is 1.26. The number of hydrogen-bond donors (Lipinski definition) is 2. The molecule has 1 fully saturated rings. The second kappa shape index (κ2) is 11.0. The number of benzene rings is 2. The Labute approximate surface area is 239 Å². The van der Waals surface area contributed by atoms with Gasteiger partial charge in [-0.2, -0.15) is 5.10 Å². The van der Waals surface area contributed by atoms with Gasteiger partial charge in [-0.3, -0.25) is 9.69 Å². The minimum absolute atomic E-state index is 0.0228. The summed E-state index contributed by atoms with van der Waals surface area (Å²) in [6.45, 7) is -0.576. The number of aromatic nitrogens is 4. The Morgan fingerprint density at radius 1 is 1.12 bits per heavy atom. The molecule has 4 heterocycles. The van der Waals surface area contributed by atoms with Gasteiger partial charge in [-0.05, 0) is 36.4 Å². The number of H-pyrrole nitrogens is 1. The Morgan fingerprint density at radius 2 is 1.91 bits per heavy atom. The van der Waals surface area contributed by atoms with Crippen LogP contribution in [-0.4, -0.2) is 57.8 Å². The smallest absolute Gasteiger partial charge is 0.414 e. The molecule has 1 aliphatic rings. The lowest BCUT2D eigenvalue weighted by atomic mass is 10.1. The second-order valence-electron chi connectivity index (χ2n) is 9.25. The summed E-state index contributed by atoms with van der Waals surface area (Å²) in [4.78, 5) is 33.8. The lowest BCUT2D eigenvalue weighted by molar-refractivity contribution is 0.0822. The third-order valence-corrected chi connectivity index (χ3v) is 6.50. The SMILES string of the molecule is Nc1c(C(=O)c2cc3cc(OCC(F)F)c(N4CCOC4=O)cc3[nH]2)cnn1-c1ccc(Oc2c(F)cccc2F)nc1. The van der Waals surface area contributed by atoms with Gasteiger partial charge in [-0.25, -0.2) is 32.0 Å². The van der Waals surface area contributed by atoms with Gasteiger partial charge in [0.1, 0.15) is 24.8 Å². The third kappa shape index (κ3) is 5.27. The number of aromatic amines is 1. The second-order valence-corrected chi connectivity index (χ2v) is 9.25. The van der Waals surface area contributed by atoms with E-state index in [0.717, 1.165) is 12.1 Å². The number of rotatable bonds is 9. The molecule has 3 N–H and O–H groups in total. The molecule has 5 aromatic rings. The summed E-state index contributed by atoms with van der Waals surface area (Å²) in [5.74, 6) is -3.02. The molecule has 6 rings (SSSR count). The predicted octanol–water partition coefficient (Wildman–Crippen LogP) is 5.23. The number of nitrogens with zero attached hydrogens (tertiary/aromatic N) is 4. The average molecular weight is 596 g/mol. The summed E-state index contributed by atoms with van der Waals surface area (Å²) < 4.78 is 70.2. The van der Waals surface area contributed by atoms with Crippen molar-refractivity contribution in [2.75, 3.05) is 30.4 Å². The molecule has 0 radical (unpaired) electrons. The highest BCUT2D eigenvalue weighted by Crippen LogP contribution is 2.36. The van der Waals surface area contributed by atoms with E-state index in [1.165, 1.54) is 58.4 Å². The number of hydrogen-bond acceptors (Lipinski definition) is 8. The van der Waals surface area contributed by atoms with Gasteiger partial charge in [0.25, 0.3) is 6.43 Å². The Bertz CT molecular complexity index is 1840. The first kappa shape index (κ1) is 27.6. The standard InChI is InChI=1S/C28H20F4N6O5/c29-17-2-1-3-18(30)26(17)43-24-5-4-15(11-34-24)38-27(33)16(12-35-38)25(39)20-8-14-9-22(42-13-23(31)32)21(10-19(14)36-20)37-6-7-41-28(37)40/h1-5,8-12,23,36H,6-7,13,33H2. The Hall–Kier alpha value is -5.60. The fraction of sp³-hybridized carbons (Fsp3) is 0.143. The fourth-order valence-corrected chi connectivity index (χ4v) is 4.49. The molecular weight excluding hydrogens is 576 g/mol. The molecule has 1 amide bonds. The van der Waals surface area contributed by atoms with Crippen LogP contribution in [0.3, 0.4) is 0 Å². The molecule has 1 saturated heterocycles. The van der Waals surface area contributed by atoms with Gasteiger partial charge in [-0.15, -0.1) is 0 Å². The zero-order chi connectivity index (χ0) is 30.2. The molecule has 0 saturated carbocycles. The normalized spacial score (nSPS) is 13.1. The number of pyridine rings is 1. The summed E-state index contributed by atoms with van der Waals surface area (Å²) in [5, 5.41) is 4.62. The maximum absolute atomic E-state index is 13.9. The number of amides is 1. The van der Waals surface area contributed by atoms with Crippen molar-refractivity contribution in [1.29, 1.82) is 0 Å². The lowest BCUT2D eigenvalue weighted by Gasteiger charge is -2.18. The summed E-state index contributed by atoms with van der Waals surface area (Å²) in [6.07, 6.45) is -0.852. The molecule has 0 aliphatic carbocycles. The fourth-order valence-electron chi connectivity index (χ4n) is 4.49. The quantitative estimate of drug-likeness (QED) is 0.174. The summed E-state index contributed by atoms with van der Waals surface area (Å²) in [6, 6.07) is 10.6. The Morgan fingerprint density at radius 3 is 2.58 bits per heavy atom. The van der Waals surface area contributed by atoms with Gasteiger partial charge in [-0.1, -0.05) is 6.07 Å². The average Bonchev–Trinajstić information content (AvgIpc) is 3.71. The van der Waals surface area contributed by atoms with Crippen molar-refractivity contribution >= 4 is 34.3 Å². The molecule has 2 aromatic carbocycles. The van der Waals surface area contributed by atoms with E-state index in [1.807, 2.05) is 0 Å². The first-order valence-corrected chi connectivity index (χ1v) is 12.7. The number of cyclic esters (lactones) is 1. The van der Waals surface area contributed by atoms with E-state index in [2.05, 4.69) is 15.1 Å². The largest absolute Gasteiger partial charge is 0.485 e. The van der Waals surface area contributed by atoms with Crippen LogP contribution in [-0.2, 0) is 4.74 Å². The molecule has 220 valence electrons. The number of anilines is 2. The van der Waals surface area contributed by atoms with E-state index in [-0.39, 0.29) is 47.5 Å². The molecular formula is C28H20F4N6O5. The van der Waals surface area contributed by atoms with Crippen molar-refractivity contribution in [3.8, 4) is 23.1 Å². The van der Waals surface area contributed by atoms with Crippen LogP contribution in [0.2, 0.25) is 0 Å². The van der Waals surface area contributed by atoms with Crippen molar-refractivity contribution < 1.29 is 41.4 Å². The zero-order valence-corrected chi connectivity index (χ0v) is 21.9. The Kier molecular flexibility index (Phi) is 7.05. The van der Waals surface area contributed by atoms with Gasteiger partial charge >= 0.3 is 6.09 Å². The van der Waals surface area contributed by atoms with Gasteiger partial charge in [0.15, 0.2) is 11.6 Å². The van der Waals surface area contributed by atoms with Crippen molar-refractivity contribution in [1.82, 2.24) is 19.7 Å². The molecule has 1 aliphatic heterocycles. The van der Waals surface area contributed by atoms with Crippen molar-refractivity contribution in [3.05, 3.63) is 83.8 Å². The number of ether oxygens (including phenoxy) is 3. The number of para-hydroxylation sites is 1. The topological polar surface area (TPSA) is 138 Å². The van der Waals surface area contributed by atoms with Crippen LogP contribution in [0.15, 0.2) is 60.9 Å². The molecule has 0 unspecified atom stereocenters. The summed E-state index contributed by atoms with van der Waals surface area (Å²) >= 11 is 0. The predicted molar refractivity (Wildman–Crippen MR) is 144 cm³/mol. The highest BCUT2D eigenvalue weighted by atomic mass is 19.3. The van der Waals surface area contributed by atoms with Crippen LogP contribution < -0.4 is 20.1 Å². The molecule has 11 nitrogen and oxygen atoms in total. The molecule has 43 heavy (non-hydrogen) atoms. The van der Waals surface area contributed by atoms with Crippen LogP contribution >= 0.6 is 0 Å². The van der Waals surface area contributed by atoms with Crippen LogP contribution in [0.1, 0.15) is 16.1 Å². The van der Waals surface area contributed by atoms with Crippen LogP contribution in [0.4, 0.5) is 33.9 Å². The molecule has 0 spiro atoms. The number of ketones is 1. The van der Waals surface area contributed by atoms with Crippen molar-refractivity contribution in [2.45, 2.75) is 6.43 Å². The minimum atomic E-state index is -2.74. The number of nitrogens with one attached hydrogen (secondary N) is 1. The number of carbonyl (C=O) groups is 2. The monoisotopic (exact) mass is 596 g/mol. The maximum atomic E-state index is 13.9. The van der Waals surface area contributed by atoms with Gasteiger partial charge < -0.3 is 24.9 Å². The van der Waals surface area contributed by atoms with Crippen LogP contribution in [0.25, 0.3) is 16.6 Å². The summed E-state index contributed by atoms with van der Waals surface area (Å²) in [5.41, 5.74) is 7.36. The number of nitrogens with two attached hydrogens (primary N) is 1. The lowest BCUT2D eigenvalue weighted by Crippen LogP contribution is -2.24. The molecule has 0 atom stereocenters. The van der Waals surface area contributed by atoms with Crippen LogP contribution in [0, 0.1) is 11.6 Å². The van der Waals surface area contributed by atoms with Gasteiger partial charge in [0.05, 0.1) is 41.6 Å². The highest BCUT2D eigenvalue weighted by Gasteiger charge is 2.28. The number of fused-ring (bicyclic) bond motifs is 1. The third-order valence-electron chi connectivity index (χ3n) is 6.50. The first-order chi connectivity index (χ1) is 20.7. The van der Waals surface area contributed by atoms with Gasteiger partial charge in [0.2, 0.25) is 17.4 Å². The molecule has 15 heteroatoms. The minimum Gasteiger partial charge on any atom is -0.485 e. The number of halogens is 4. The number of alkyl halides is 2. The first-order valence-electron chi connectivity index (χ1n) is 12.7. The van der Waals surface area contributed by atoms with Gasteiger partial charge in [0, 0.05) is 17.0 Å². The molecule has 3 aromatic heterocycles. The van der Waals surface area contributed by atoms with E-state index in [1.54, 1.807) is 0 Å². The van der Waals surface area contributed by atoms with Crippen molar-refractivity contribution in [3.63, 3.8) is 0 Å². The number of carbonyl (C=O) groups excluding carboxylic acids is 2. The van der Waals surface area contributed by atoms with E-state index >= 15 is 0 Å². The van der Waals surface area contributed by atoms with Crippen molar-refractivity contribution in [2.24, 2.45) is 0 Å².